The minimum Gasteiger partial charge on any atom is -0.237 e. The van der Waals surface area contributed by atoms with E-state index in [2.05, 4.69) is 25.9 Å². The first-order chi connectivity index (χ1) is 6.77. The molecule has 4 heteroatoms. The second kappa shape index (κ2) is 3.84. The number of aromatic nitrogens is 2. The third-order valence-corrected chi connectivity index (χ3v) is 2.35. The molecule has 2 rings (SSSR count). The Bertz CT molecular complexity index is 445. The molecule has 0 saturated heterocycles. The van der Waals surface area contributed by atoms with E-state index in [0.29, 0.717) is 10.3 Å². The van der Waals surface area contributed by atoms with Crippen LogP contribution < -0.4 is 0 Å². The summed E-state index contributed by atoms with van der Waals surface area (Å²) in [6.07, 6.45) is 3.30. The van der Waals surface area contributed by atoms with Crippen molar-refractivity contribution in [3.05, 3.63) is 46.9 Å². The van der Waals surface area contributed by atoms with Crippen LogP contribution in [0.25, 0.3) is 11.4 Å². The van der Waals surface area contributed by atoms with Gasteiger partial charge in [0.1, 0.15) is 5.82 Å². The molecule has 1 aromatic carbocycles. The molecular formula is C10H6BrFN2. The molecule has 2 aromatic rings. The fourth-order valence-electron chi connectivity index (χ4n) is 1.08. The molecule has 0 amide bonds. The zero-order valence-corrected chi connectivity index (χ0v) is 8.70. The van der Waals surface area contributed by atoms with Gasteiger partial charge >= 0.3 is 0 Å². The molecule has 0 bridgehead atoms. The molecule has 2 nitrogen and oxygen atoms in total. The van der Waals surface area contributed by atoms with Gasteiger partial charge in [0.15, 0.2) is 5.82 Å². The average molecular weight is 253 g/mol. The van der Waals surface area contributed by atoms with Gasteiger partial charge in [-0.2, -0.15) is 0 Å². The summed E-state index contributed by atoms with van der Waals surface area (Å²) in [4.78, 5) is 8.13. The molecule has 0 aliphatic carbocycles. The molecule has 0 saturated carbocycles. The fourth-order valence-corrected chi connectivity index (χ4v) is 1.46. The van der Waals surface area contributed by atoms with Crippen LogP contribution in [-0.4, -0.2) is 9.97 Å². The highest BCUT2D eigenvalue weighted by Crippen LogP contribution is 2.22. The van der Waals surface area contributed by atoms with Crippen molar-refractivity contribution < 1.29 is 4.39 Å². The molecule has 0 aliphatic rings. The van der Waals surface area contributed by atoms with Crippen molar-refractivity contribution in [3.63, 3.8) is 0 Å². The summed E-state index contributed by atoms with van der Waals surface area (Å²) in [6.45, 7) is 0. The van der Waals surface area contributed by atoms with E-state index in [9.17, 15) is 4.39 Å². The predicted molar refractivity (Wildman–Crippen MR) is 55.1 cm³/mol. The Morgan fingerprint density at radius 1 is 1.14 bits per heavy atom. The lowest BCUT2D eigenvalue weighted by atomic mass is 10.2. The molecule has 0 radical (unpaired) electrons. The van der Waals surface area contributed by atoms with Crippen LogP contribution in [0.4, 0.5) is 4.39 Å². The summed E-state index contributed by atoms with van der Waals surface area (Å²) in [5.41, 5.74) is 0.791. The first kappa shape index (κ1) is 9.27. The second-order valence-electron chi connectivity index (χ2n) is 2.70. The summed E-state index contributed by atoms with van der Waals surface area (Å²) in [5.74, 6) is 0.304. The van der Waals surface area contributed by atoms with E-state index in [1.807, 2.05) is 0 Å². The number of hydrogen-bond donors (Lipinski definition) is 0. The van der Waals surface area contributed by atoms with Crippen LogP contribution in [0, 0.1) is 5.82 Å². The number of halogens is 2. The molecule has 0 N–H and O–H groups in total. The molecule has 1 heterocycles. The zero-order chi connectivity index (χ0) is 9.97. The molecular weight excluding hydrogens is 247 g/mol. The van der Waals surface area contributed by atoms with E-state index in [1.165, 1.54) is 6.07 Å². The van der Waals surface area contributed by atoms with Gasteiger partial charge in [0.2, 0.25) is 0 Å². The Labute approximate surface area is 89.0 Å². The van der Waals surface area contributed by atoms with Crippen molar-refractivity contribution in [2.24, 2.45) is 0 Å². The van der Waals surface area contributed by atoms with Crippen LogP contribution in [0.2, 0.25) is 0 Å². The smallest absolute Gasteiger partial charge is 0.159 e. The maximum absolute atomic E-state index is 12.9. The van der Waals surface area contributed by atoms with Crippen molar-refractivity contribution in [3.8, 4) is 11.4 Å². The van der Waals surface area contributed by atoms with Crippen LogP contribution in [0.15, 0.2) is 41.1 Å². The number of hydrogen-bond acceptors (Lipinski definition) is 2. The van der Waals surface area contributed by atoms with E-state index < -0.39 is 0 Å². The van der Waals surface area contributed by atoms with Crippen LogP contribution in [0.3, 0.4) is 0 Å². The van der Waals surface area contributed by atoms with Gasteiger partial charge in [0, 0.05) is 18.0 Å². The van der Waals surface area contributed by atoms with E-state index in [0.717, 1.165) is 5.56 Å². The highest BCUT2D eigenvalue weighted by molar-refractivity contribution is 9.10. The van der Waals surface area contributed by atoms with Crippen LogP contribution in [0.1, 0.15) is 0 Å². The number of rotatable bonds is 1. The van der Waals surface area contributed by atoms with Gasteiger partial charge in [-0.05, 0) is 40.2 Å². The number of benzene rings is 1. The van der Waals surface area contributed by atoms with Crippen molar-refractivity contribution >= 4 is 15.9 Å². The Morgan fingerprint density at radius 2 is 1.86 bits per heavy atom. The van der Waals surface area contributed by atoms with Crippen LogP contribution in [0.5, 0.6) is 0 Å². The van der Waals surface area contributed by atoms with Gasteiger partial charge in [-0.15, -0.1) is 0 Å². The SMILES string of the molecule is Fc1ccc(-c2ncccn2)cc1Br. The first-order valence-corrected chi connectivity index (χ1v) is 4.79. The lowest BCUT2D eigenvalue weighted by molar-refractivity contribution is 0.621. The zero-order valence-electron chi connectivity index (χ0n) is 7.11. The summed E-state index contributed by atoms with van der Waals surface area (Å²) >= 11 is 3.11. The summed E-state index contributed by atoms with van der Waals surface area (Å²) < 4.78 is 13.3. The molecule has 0 atom stereocenters. The van der Waals surface area contributed by atoms with E-state index in [-0.39, 0.29) is 5.82 Å². The van der Waals surface area contributed by atoms with Crippen LogP contribution in [-0.2, 0) is 0 Å². The summed E-state index contributed by atoms with van der Waals surface area (Å²) in [5, 5.41) is 0. The third kappa shape index (κ3) is 1.80. The number of nitrogens with zero attached hydrogens (tertiary/aromatic N) is 2. The van der Waals surface area contributed by atoms with Gasteiger partial charge in [0.25, 0.3) is 0 Å². The van der Waals surface area contributed by atoms with Crippen molar-refractivity contribution in [2.75, 3.05) is 0 Å². The monoisotopic (exact) mass is 252 g/mol. The molecule has 0 fully saturated rings. The lowest BCUT2D eigenvalue weighted by Crippen LogP contribution is -1.87. The van der Waals surface area contributed by atoms with Gasteiger partial charge in [-0.25, -0.2) is 14.4 Å². The quantitative estimate of drug-likeness (QED) is 0.780. The maximum Gasteiger partial charge on any atom is 0.159 e. The third-order valence-electron chi connectivity index (χ3n) is 1.74. The average Bonchev–Trinajstić information content (AvgIpc) is 2.23. The van der Waals surface area contributed by atoms with Gasteiger partial charge in [-0.1, -0.05) is 0 Å². The minimum atomic E-state index is -0.287. The molecule has 1 aromatic heterocycles. The highest BCUT2D eigenvalue weighted by Gasteiger charge is 2.03. The topological polar surface area (TPSA) is 25.8 Å². The van der Waals surface area contributed by atoms with E-state index in [1.54, 1.807) is 30.6 Å². The van der Waals surface area contributed by atoms with Crippen LogP contribution >= 0.6 is 15.9 Å². The maximum atomic E-state index is 12.9. The largest absolute Gasteiger partial charge is 0.237 e. The Hall–Kier alpha value is -1.29. The highest BCUT2D eigenvalue weighted by atomic mass is 79.9. The standard InChI is InChI=1S/C10H6BrFN2/c11-8-6-7(2-3-9(8)12)10-13-4-1-5-14-10/h1-6H. The molecule has 0 aliphatic heterocycles. The molecule has 14 heavy (non-hydrogen) atoms. The Morgan fingerprint density at radius 3 is 2.50 bits per heavy atom. The molecule has 70 valence electrons. The normalized spacial score (nSPS) is 10.1. The van der Waals surface area contributed by atoms with Gasteiger partial charge < -0.3 is 0 Å². The van der Waals surface area contributed by atoms with Crippen molar-refractivity contribution in [1.29, 1.82) is 0 Å². The van der Waals surface area contributed by atoms with Gasteiger partial charge in [-0.3, -0.25) is 0 Å². The lowest BCUT2D eigenvalue weighted by Gasteiger charge is -2.00. The minimum absolute atomic E-state index is 0.287. The Balaban J connectivity index is 2.48. The molecule has 0 spiro atoms. The van der Waals surface area contributed by atoms with Crippen molar-refractivity contribution in [1.82, 2.24) is 9.97 Å². The summed E-state index contributed by atoms with van der Waals surface area (Å²) in [6, 6.07) is 6.43. The van der Waals surface area contributed by atoms with E-state index in [4.69, 9.17) is 0 Å². The Kier molecular flexibility index (Phi) is 2.54. The first-order valence-electron chi connectivity index (χ1n) is 4.00. The fraction of sp³-hybridized carbons (Fsp3) is 0. The van der Waals surface area contributed by atoms with Crippen molar-refractivity contribution in [2.45, 2.75) is 0 Å². The summed E-state index contributed by atoms with van der Waals surface area (Å²) in [7, 11) is 0. The van der Waals surface area contributed by atoms with Gasteiger partial charge in [0.05, 0.1) is 4.47 Å². The predicted octanol–water partition coefficient (Wildman–Crippen LogP) is 3.05. The second-order valence-corrected chi connectivity index (χ2v) is 3.56. The van der Waals surface area contributed by atoms with E-state index >= 15 is 0 Å². The molecule has 0 unspecified atom stereocenters.